The van der Waals surface area contributed by atoms with Crippen LogP contribution in [-0.2, 0) is 33.1 Å². The second-order valence-electron chi connectivity index (χ2n) is 11.3. The standard InChI is InChI=1S/2C18H22O5S.Ca/c2*1-2-3-4-5-7-14-10-11-17(24(20,21)22)13-18(14)23-16-9-6-8-15(19)12-16;/h2*6,8-13,19H,2-5,7H2,1H3,(H,20,21,22);/q;;+2/p-2. The second kappa shape index (κ2) is 20.7. The van der Waals surface area contributed by atoms with Gasteiger partial charge in [0.05, 0.1) is 9.79 Å². The van der Waals surface area contributed by atoms with Crippen LogP contribution in [0.1, 0.15) is 76.3 Å². The van der Waals surface area contributed by atoms with E-state index in [1.807, 2.05) is 0 Å². The predicted octanol–water partition coefficient (Wildman–Crippen LogP) is 7.75. The number of aromatic hydroxyl groups is 1. The number of phenols is 1. The summed E-state index contributed by atoms with van der Waals surface area (Å²) < 4.78 is 77.1. The van der Waals surface area contributed by atoms with Gasteiger partial charge in [-0.15, -0.1) is 5.75 Å². The quantitative estimate of drug-likeness (QED) is 0.0657. The van der Waals surface area contributed by atoms with Gasteiger partial charge in [-0.1, -0.05) is 82.7 Å². The van der Waals surface area contributed by atoms with Gasteiger partial charge in [-0.2, -0.15) is 8.42 Å². The second-order valence-corrected chi connectivity index (χ2v) is 14.1. The van der Waals surface area contributed by atoms with Gasteiger partial charge >= 0.3 is 37.7 Å². The molecule has 0 fully saturated rings. The van der Waals surface area contributed by atoms with Crippen LogP contribution < -0.4 is 14.6 Å². The first-order chi connectivity index (χ1) is 22.8. The van der Waals surface area contributed by atoms with Crippen molar-refractivity contribution in [3.8, 4) is 34.5 Å². The molecule has 0 aromatic heterocycles. The Balaban J connectivity index is 0.000000333. The molecule has 0 radical (unpaired) electrons. The van der Waals surface area contributed by atoms with Crippen LogP contribution in [0, 0.1) is 0 Å². The summed E-state index contributed by atoms with van der Waals surface area (Å²) in [6.07, 6.45) is 10.0. The topological polar surface area (TPSA) is 173 Å². The van der Waals surface area contributed by atoms with Crippen LogP contribution in [0.25, 0.3) is 0 Å². The van der Waals surface area contributed by atoms with E-state index in [2.05, 4.69) is 13.8 Å². The van der Waals surface area contributed by atoms with Crippen molar-refractivity contribution < 1.29 is 45.6 Å². The molecule has 260 valence electrons. The summed E-state index contributed by atoms with van der Waals surface area (Å²) in [4.78, 5) is -0.553. The van der Waals surface area contributed by atoms with E-state index in [4.69, 9.17) is 9.47 Å². The van der Waals surface area contributed by atoms with Crippen molar-refractivity contribution in [3.05, 3.63) is 96.1 Å². The third kappa shape index (κ3) is 14.9. The molecular formula is C36H42CaO10S2. The minimum atomic E-state index is -4.56. The molecule has 4 rings (SSSR count). The zero-order chi connectivity index (χ0) is 35.2. The van der Waals surface area contributed by atoms with Crippen molar-refractivity contribution in [2.24, 2.45) is 0 Å². The molecule has 0 aliphatic rings. The van der Waals surface area contributed by atoms with Gasteiger partial charge in [0.1, 0.15) is 38.9 Å². The van der Waals surface area contributed by atoms with Crippen molar-refractivity contribution in [2.45, 2.75) is 87.8 Å². The average molecular weight is 739 g/mol. The number of unbranched alkanes of at least 4 members (excludes halogenated alkanes) is 6. The van der Waals surface area contributed by atoms with Gasteiger partial charge in [0.2, 0.25) is 0 Å². The molecule has 0 heterocycles. The summed E-state index contributed by atoms with van der Waals surface area (Å²) >= 11 is 0. The summed E-state index contributed by atoms with van der Waals surface area (Å²) in [6, 6.07) is 20.6. The Morgan fingerprint density at radius 2 is 1.12 bits per heavy atom. The molecule has 0 spiro atoms. The molecule has 0 unspecified atom stereocenters. The Labute approximate surface area is 319 Å². The largest absolute Gasteiger partial charge is 2.00 e. The van der Waals surface area contributed by atoms with Gasteiger partial charge in [0.25, 0.3) is 10.1 Å². The SMILES string of the molecule is CCCCCCc1ccc(S(=O)(=O)O)cc1Oc1cccc(O)c1.CCCCCCc1ccc(S(=O)(=O)[O-])cc1Oc1cccc([O-])c1.[Ca+2]. The smallest absolute Gasteiger partial charge is 0.872 e. The van der Waals surface area contributed by atoms with E-state index < -0.39 is 20.2 Å². The van der Waals surface area contributed by atoms with Gasteiger partial charge in [-0.25, -0.2) is 8.42 Å². The van der Waals surface area contributed by atoms with E-state index in [1.165, 1.54) is 48.5 Å². The zero-order valence-electron chi connectivity index (χ0n) is 27.8. The number of ether oxygens (including phenoxy) is 2. The number of hydrogen-bond donors (Lipinski definition) is 2. The van der Waals surface area contributed by atoms with E-state index in [0.717, 1.165) is 68.9 Å². The number of hydrogen-bond acceptors (Lipinski definition) is 9. The maximum atomic E-state index is 11.4. The Hall–Kier alpha value is -2.84. The first kappa shape index (κ1) is 42.3. The number of rotatable bonds is 16. The fourth-order valence-electron chi connectivity index (χ4n) is 4.81. The van der Waals surface area contributed by atoms with Crippen molar-refractivity contribution >= 4 is 58.0 Å². The first-order valence-electron chi connectivity index (χ1n) is 15.9. The molecule has 2 N–H and O–H groups in total. The number of phenolic OH excluding ortho intramolecular Hbond substituents is 1. The van der Waals surface area contributed by atoms with Crippen molar-refractivity contribution in [2.75, 3.05) is 0 Å². The van der Waals surface area contributed by atoms with Gasteiger partial charge in [0, 0.05) is 12.1 Å². The molecule has 0 amide bonds. The Morgan fingerprint density at radius 1 is 0.633 bits per heavy atom. The molecule has 0 bridgehead atoms. The van der Waals surface area contributed by atoms with Gasteiger partial charge in [-0.3, -0.25) is 4.55 Å². The van der Waals surface area contributed by atoms with Crippen LogP contribution in [0.3, 0.4) is 0 Å². The molecule has 49 heavy (non-hydrogen) atoms. The number of benzene rings is 4. The van der Waals surface area contributed by atoms with E-state index in [9.17, 15) is 36.2 Å². The van der Waals surface area contributed by atoms with Crippen LogP contribution in [0.15, 0.2) is 94.7 Å². The van der Waals surface area contributed by atoms with E-state index in [-0.39, 0.29) is 59.0 Å². The zero-order valence-corrected chi connectivity index (χ0v) is 31.7. The van der Waals surface area contributed by atoms with Crippen LogP contribution in [0.5, 0.6) is 34.5 Å². The van der Waals surface area contributed by atoms with E-state index in [1.54, 1.807) is 36.4 Å². The molecule has 4 aromatic rings. The molecule has 10 nitrogen and oxygen atoms in total. The van der Waals surface area contributed by atoms with Crippen molar-refractivity contribution in [3.63, 3.8) is 0 Å². The summed E-state index contributed by atoms with van der Waals surface area (Å²) in [5, 5.41) is 20.9. The molecule has 0 aliphatic heterocycles. The Bertz CT molecular complexity index is 1710. The predicted molar refractivity (Wildman–Crippen MR) is 186 cm³/mol. The monoisotopic (exact) mass is 738 g/mol. The first-order valence-corrected chi connectivity index (χ1v) is 18.8. The average Bonchev–Trinajstić information content (AvgIpc) is 3.02. The molecular weight excluding hydrogens is 697 g/mol. The normalized spacial score (nSPS) is 11.2. The minimum Gasteiger partial charge on any atom is -0.872 e. The van der Waals surface area contributed by atoms with Crippen LogP contribution in [-0.4, -0.2) is 68.8 Å². The molecule has 0 saturated heterocycles. The third-order valence-corrected chi connectivity index (χ3v) is 9.02. The molecule has 4 aromatic carbocycles. The summed E-state index contributed by atoms with van der Waals surface area (Å²) in [7, 11) is -8.86. The van der Waals surface area contributed by atoms with Crippen molar-refractivity contribution in [1.29, 1.82) is 0 Å². The van der Waals surface area contributed by atoms with Crippen molar-refractivity contribution in [1.82, 2.24) is 0 Å². The summed E-state index contributed by atoms with van der Waals surface area (Å²) in [5.74, 6) is 1.24. The summed E-state index contributed by atoms with van der Waals surface area (Å²) in [6.45, 7) is 4.26. The Kier molecular flexibility index (Phi) is 17.9. The van der Waals surface area contributed by atoms with Crippen LogP contribution in [0.2, 0.25) is 0 Å². The van der Waals surface area contributed by atoms with Gasteiger partial charge in [0.15, 0.2) is 0 Å². The third-order valence-electron chi connectivity index (χ3n) is 7.34. The van der Waals surface area contributed by atoms with Gasteiger partial charge < -0.3 is 24.2 Å². The fraction of sp³-hybridized carbons (Fsp3) is 0.333. The van der Waals surface area contributed by atoms with Crippen LogP contribution >= 0.6 is 0 Å². The maximum absolute atomic E-state index is 11.4. The summed E-state index contributed by atoms with van der Waals surface area (Å²) in [5.41, 5.74) is 1.68. The van der Waals surface area contributed by atoms with Crippen LogP contribution in [0.4, 0.5) is 0 Å². The van der Waals surface area contributed by atoms with Gasteiger partial charge in [-0.05, 0) is 79.3 Å². The fourth-order valence-corrected chi connectivity index (χ4v) is 5.79. The Morgan fingerprint density at radius 3 is 1.59 bits per heavy atom. The molecule has 0 atom stereocenters. The maximum Gasteiger partial charge on any atom is 2.00 e. The molecule has 0 aliphatic carbocycles. The number of aryl methyl sites for hydroxylation is 2. The minimum absolute atomic E-state index is 0. The van der Waals surface area contributed by atoms with E-state index in [0.29, 0.717) is 29.4 Å². The molecule has 13 heteroatoms. The van der Waals surface area contributed by atoms with E-state index >= 15 is 0 Å². The molecule has 0 saturated carbocycles.